The van der Waals surface area contributed by atoms with Crippen molar-refractivity contribution in [2.45, 2.75) is 19.3 Å². The summed E-state index contributed by atoms with van der Waals surface area (Å²) in [4.78, 5) is 5.13. The Hall–Kier alpha value is -2.05. The van der Waals surface area contributed by atoms with Gasteiger partial charge in [-0.1, -0.05) is 12.1 Å². The average Bonchev–Trinajstić information content (AvgIpc) is 3.43. The summed E-state index contributed by atoms with van der Waals surface area (Å²) >= 11 is 1.63. The molecule has 0 unspecified atom stereocenters. The van der Waals surface area contributed by atoms with Crippen LogP contribution in [0.25, 0.3) is 10.1 Å². The topological polar surface area (TPSA) is 27.5 Å². The summed E-state index contributed by atoms with van der Waals surface area (Å²) in [5.74, 6) is 2.07. The number of fused-ring (bicyclic) bond motifs is 1. The van der Waals surface area contributed by atoms with Gasteiger partial charge in [0.1, 0.15) is 5.82 Å². The number of piperazine rings is 1. The van der Waals surface area contributed by atoms with Gasteiger partial charge in [-0.05, 0) is 67.5 Å². The molecule has 5 rings (SSSR count). The highest BCUT2D eigenvalue weighted by Gasteiger charge is 2.23. The number of hydrogen-bond donors (Lipinski definition) is 0. The molecule has 2 aromatic heterocycles. The molecule has 0 aliphatic carbocycles. The Morgan fingerprint density at radius 2 is 1.64 bits per heavy atom. The van der Waals surface area contributed by atoms with Gasteiger partial charge in [0.2, 0.25) is 0 Å². The third-order valence-electron chi connectivity index (χ3n) is 6.39. The fourth-order valence-corrected chi connectivity index (χ4v) is 5.40. The highest BCUT2D eigenvalue weighted by molar-refractivity contribution is 7.13. The molecule has 0 spiro atoms. The zero-order chi connectivity index (χ0) is 18.8. The van der Waals surface area contributed by atoms with E-state index in [0.29, 0.717) is 0 Å². The Balaban J connectivity index is 1.08. The summed E-state index contributed by atoms with van der Waals surface area (Å²) < 4.78 is 8.28. The number of piperidine rings is 1. The summed E-state index contributed by atoms with van der Waals surface area (Å²) in [6.45, 7) is 8.13. The van der Waals surface area contributed by atoms with Crippen LogP contribution in [0.5, 0.6) is 0 Å². The molecule has 0 saturated carbocycles. The predicted molar refractivity (Wildman–Crippen MR) is 118 cm³/mol. The Bertz CT molecular complexity index is 873. The predicted octanol–water partition coefficient (Wildman–Crippen LogP) is 3.66. The van der Waals surface area contributed by atoms with Gasteiger partial charge in [0.05, 0.1) is 4.70 Å². The fraction of sp³-hybridized carbons (Fsp3) is 0.500. The van der Waals surface area contributed by atoms with E-state index in [2.05, 4.69) is 68.3 Å². The molecule has 0 amide bonds. The standard InChI is InChI=1S/C22H29N5S/c1-2-6-21-20(5-1)22(23-28-21)25-17-15-24(16-18-25)12-7-19-8-13-27(14-9-19)26-10-3-4-11-26/h1-6,10-11,19H,7-9,12-18H2. The Morgan fingerprint density at radius 3 is 2.43 bits per heavy atom. The molecule has 5 nitrogen and oxygen atoms in total. The van der Waals surface area contributed by atoms with Crippen molar-refractivity contribution in [3.05, 3.63) is 48.8 Å². The normalized spacial score (nSPS) is 19.6. The number of benzene rings is 1. The fourth-order valence-electron chi connectivity index (χ4n) is 4.60. The van der Waals surface area contributed by atoms with E-state index in [-0.39, 0.29) is 0 Å². The average molecular weight is 396 g/mol. The van der Waals surface area contributed by atoms with E-state index < -0.39 is 0 Å². The molecule has 0 bridgehead atoms. The maximum absolute atomic E-state index is 4.73. The smallest absolute Gasteiger partial charge is 0.150 e. The summed E-state index contributed by atoms with van der Waals surface area (Å²) in [6.07, 6.45) is 8.31. The molecule has 1 aromatic carbocycles. The maximum Gasteiger partial charge on any atom is 0.150 e. The van der Waals surface area contributed by atoms with Gasteiger partial charge in [0, 0.05) is 57.0 Å². The minimum atomic E-state index is 0.882. The van der Waals surface area contributed by atoms with Crippen molar-refractivity contribution >= 4 is 27.4 Å². The van der Waals surface area contributed by atoms with Gasteiger partial charge in [0.15, 0.2) is 0 Å². The molecule has 28 heavy (non-hydrogen) atoms. The van der Waals surface area contributed by atoms with Crippen LogP contribution in [0, 0.1) is 5.92 Å². The van der Waals surface area contributed by atoms with Crippen LogP contribution in [-0.4, -0.2) is 59.8 Å². The van der Waals surface area contributed by atoms with E-state index in [9.17, 15) is 0 Å². The second-order valence-electron chi connectivity index (χ2n) is 8.08. The summed E-state index contributed by atoms with van der Waals surface area (Å²) in [6, 6.07) is 12.8. The number of anilines is 1. The van der Waals surface area contributed by atoms with Gasteiger partial charge in [-0.25, -0.2) is 0 Å². The van der Waals surface area contributed by atoms with Gasteiger partial charge in [-0.3, -0.25) is 9.58 Å². The molecule has 0 radical (unpaired) electrons. The van der Waals surface area contributed by atoms with E-state index in [1.165, 1.54) is 54.8 Å². The first-order chi connectivity index (χ1) is 13.9. The van der Waals surface area contributed by atoms with Crippen LogP contribution in [0.2, 0.25) is 0 Å². The van der Waals surface area contributed by atoms with Crippen molar-refractivity contribution in [3.63, 3.8) is 0 Å². The van der Waals surface area contributed by atoms with E-state index in [1.807, 2.05) is 0 Å². The Kier molecular flexibility index (Phi) is 5.23. The minimum absolute atomic E-state index is 0.882. The second-order valence-corrected chi connectivity index (χ2v) is 8.88. The van der Waals surface area contributed by atoms with Crippen LogP contribution in [0.1, 0.15) is 19.3 Å². The van der Waals surface area contributed by atoms with Crippen molar-refractivity contribution < 1.29 is 0 Å². The zero-order valence-corrected chi connectivity index (χ0v) is 17.2. The molecule has 2 fully saturated rings. The number of aromatic nitrogens is 2. The molecule has 4 heterocycles. The van der Waals surface area contributed by atoms with Gasteiger partial charge in [-0.15, -0.1) is 0 Å². The van der Waals surface area contributed by atoms with Crippen LogP contribution in [0.3, 0.4) is 0 Å². The first-order valence-corrected chi connectivity index (χ1v) is 11.3. The van der Waals surface area contributed by atoms with E-state index in [1.54, 1.807) is 11.5 Å². The quantitative estimate of drug-likeness (QED) is 0.659. The molecule has 2 saturated heterocycles. The molecular formula is C22H29N5S. The molecular weight excluding hydrogens is 366 g/mol. The first kappa shape index (κ1) is 18.0. The van der Waals surface area contributed by atoms with E-state index in [4.69, 9.17) is 4.37 Å². The third-order valence-corrected chi connectivity index (χ3v) is 7.21. The highest BCUT2D eigenvalue weighted by Crippen LogP contribution is 2.30. The Morgan fingerprint density at radius 1 is 0.893 bits per heavy atom. The monoisotopic (exact) mass is 395 g/mol. The second kappa shape index (κ2) is 8.13. The highest BCUT2D eigenvalue weighted by atomic mass is 32.1. The van der Waals surface area contributed by atoms with Crippen molar-refractivity contribution in [1.29, 1.82) is 0 Å². The van der Waals surface area contributed by atoms with E-state index in [0.717, 1.165) is 32.1 Å². The van der Waals surface area contributed by atoms with Gasteiger partial charge in [-0.2, -0.15) is 4.37 Å². The zero-order valence-electron chi connectivity index (χ0n) is 16.4. The molecule has 148 valence electrons. The number of rotatable bonds is 5. The lowest BCUT2D eigenvalue weighted by molar-refractivity contribution is 0.224. The Labute approximate surface area is 171 Å². The first-order valence-electron chi connectivity index (χ1n) is 10.6. The van der Waals surface area contributed by atoms with Crippen LogP contribution in [0.15, 0.2) is 48.8 Å². The van der Waals surface area contributed by atoms with E-state index >= 15 is 0 Å². The third kappa shape index (κ3) is 3.76. The molecule has 2 aliphatic rings. The van der Waals surface area contributed by atoms with Crippen LogP contribution < -0.4 is 9.91 Å². The van der Waals surface area contributed by atoms with Crippen molar-refractivity contribution in [2.75, 3.05) is 55.7 Å². The molecule has 0 N–H and O–H groups in total. The summed E-state index contributed by atoms with van der Waals surface area (Å²) in [7, 11) is 0. The van der Waals surface area contributed by atoms with Crippen molar-refractivity contribution in [2.24, 2.45) is 5.92 Å². The molecule has 3 aromatic rings. The maximum atomic E-state index is 4.73. The summed E-state index contributed by atoms with van der Waals surface area (Å²) in [5, 5.41) is 3.78. The molecule has 6 heteroatoms. The van der Waals surface area contributed by atoms with Crippen LogP contribution in [-0.2, 0) is 0 Å². The SMILES string of the molecule is c1ccc2c(N3CCN(CCC4CCN(n5cccc5)CC4)CC3)nsc2c1. The number of nitrogens with zero attached hydrogens (tertiary/aromatic N) is 5. The van der Waals surface area contributed by atoms with Gasteiger partial charge >= 0.3 is 0 Å². The summed E-state index contributed by atoms with van der Waals surface area (Å²) in [5.41, 5.74) is 0. The molecule has 2 aliphatic heterocycles. The van der Waals surface area contributed by atoms with Gasteiger partial charge < -0.3 is 9.91 Å². The minimum Gasteiger partial charge on any atom is -0.353 e. The van der Waals surface area contributed by atoms with Crippen LogP contribution >= 0.6 is 11.5 Å². The van der Waals surface area contributed by atoms with Crippen molar-refractivity contribution in [3.8, 4) is 0 Å². The van der Waals surface area contributed by atoms with Crippen molar-refractivity contribution in [1.82, 2.24) is 13.9 Å². The molecule has 0 atom stereocenters. The lowest BCUT2D eigenvalue weighted by Gasteiger charge is -2.37. The lowest BCUT2D eigenvalue weighted by atomic mass is 9.94. The largest absolute Gasteiger partial charge is 0.353 e. The lowest BCUT2D eigenvalue weighted by Crippen LogP contribution is -2.47. The van der Waals surface area contributed by atoms with Crippen LogP contribution in [0.4, 0.5) is 5.82 Å². The van der Waals surface area contributed by atoms with Gasteiger partial charge in [0.25, 0.3) is 0 Å². The number of hydrogen-bond acceptors (Lipinski definition) is 5.